The molecule has 2 aromatic carbocycles. The van der Waals surface area contributed by atoms with Crippen LogP contribution in [0.3, 0.4) is 0 Å². The lowest BCUT2D eigenvalue weighted by atomic mass is 9.96. The largest absolute Gasteiger partial charge is 0.392 e. The molecule has 0 aliphatic carbocycles. The zero-order chi connectivity index (χ0) is 23.4. The molecule has 0 atom stereocenters. The van der Waals surface area contributed by atoms with E-state index >= 15 is 0 Å². The fourth-order valence-electron chi connectivity index (χ4n) is 5.23. The number of imidazole rings is 2. The molecule has 0 fully saturated rings. The van der Waals surface area contributed by atoms with Crippen LogP contribution in [0.1, 0.15) is 50.3 Å². The molecular weight excluding hydrogens is 396 g/mol. The van der Waals surface area contributed by atoms with Gasteiger partial charge in [-0.3, -0.25) is 4.40 Å². The van der Waals surface area contributed by atoms with Crippen molar-refractivity contribution in [3.05, 3.63) is 50.3 Å². The first-order valence-corrected chi connectivity index (χ1v) is 11.3. The highest BCUT2D eigenvalue weighted by Gasteiger charge is 2.31. The predicted octanol–water partition coefficient (Wildman–Crippen LogP) is 4.77. The highest BCUT2D eigenvalue weighted by molar-refractivity contribution is 5.98. The van der Waals surface area contributed by atoms with Crippen molar-refractivity contribution in [2.75, 3.05) is 0 Å². The zero-order valence-electron chi connectivity index (χ0n) is 21.2. The summed E-state index contributed by atoms with van der Waals surface area (Å²) in [4.78, 5) is 5.28. The lowest BCUT2D eigenvalue weighted by Gasteiger charge is -2.13. The van der Waals surface area contributed by atoms with Gasteiger partial charge in [-0.25, -0.2) is 9.55 Å². The van der Waals surface area contributed by atoms with Gasteiger partial charge in [0.25, 0.3) is 5.78 Å². The van der Waals surface area contributed by atoms with Crippen LogP contribution in [0.2, 0.25) is 0 Å². The Balaban J connectivity index is 2.18. The maximum atomic E-state index is 5.28. The van der Waals surface area contributed by atoms with Crippen LogP contribution >= 0.6 is 0 Å². The molecule has 0 saturated carbocycles. The molecule has 3 heterocycles. The van der Waals surface area contributed by atoms with Gasteiger partial charge < -0.3 is 0 Å². The minimum atomic E-state index is 0.884. The first-order valence-electron chi connectivity index (χ1n) is 11.3. The Morgan fingerprint density at radius 2 is 1.12 bits per heavy atom. The van der Waals surface area contributed by atoms with Gasteiger partial charge >= 0.3 is 5.95 Å². The highest BCUT2D eigenvalue weighted by Crippen LogP contribution is 2.38. The van der Waals surface area contributed by atoms with E-state index in [9.17, 15) is 0 Å². The van der Waals surface area contributed by atoms with Crippen molar-refractivity contribution in [2.45, 2.75) is 62.3 Å². The third-order valence-electron chi connectivity index (χ3n) is 8.22. The molecular formula is C26H33N6+. The Morgan fingerprint density at radius 1 is 0.625 bits per heavy atom. The number of hydrogen-bond acceptors (Lipinski definition) is 2. The lowest BCUT2D eigenvalue weighted by Crippen LogP contribution is -2.35. The number of hydrogen-bond donors (Lipinski definition) is 0. The van der Waals surface area contributed by atoms with Crippen LogP contribution < -0.4 is 4.57 Å². The third kappa shape index (κ3) is 2.27. The molecule has 166 valence electrons. The Hall–Kier alpha value is -3.15. The number of aromatic nitrogens is 6. The number of fused-ring (bicyclic) bond motifs is 5. The number of benzene rings is 2. The van der Waals surface area contributed by atoms with Gasteiger partial charge in [-0.05, 0) is 99.9 Å². The molecule has 0 N–H and O–H groups in total. The molecule has 0 bridgehead atoms. The summed E-state index contributed by atoms with van der Waals surface area (Å²) < 4.78 is 8.74. The normalized spacial score (nSPS) is 12.2. The van der Waals surface area contributed by atoms with Gasteiger partial charge in [-0.2, -0.15) is 4.57 Å². The van der Waals surface area contributed by atoms with Crippen LogP contribution in [-0.2, 0) is 14.1 Å². The van der Waals surface area contributed by atoms with Crippen LogP contribution in [0.5, 0.6) is 0 Å². The van der Waals surface area contributed by atoms with Gasteiger partial charge in [-0.1, -0.05) is 0 Å². The van der Waals surface area contributed by atoms with Crippen molar-refractivity contribution >= 4 is 27.8 Å². The summed E-state index contributed by atoms with van der Waals surface area (Å²) in [5.74, 6) is 2.90. The first-order chi connectivity index (χ1) is 15.0. The Kier molecular flexibility index (Phi) is 4.17. The van der Waals surface area contributed by atoms with Gasteiger partial charge in [-0.15, -0.1) is 4.68 Å². The molecule has 0 spiro atoms. The second-order valence-corrected chi connectivity index (χ2v) is 9.51. The van der Waals surface area contributed by atoms with Gasteiger partial charge in [0.05, 0.1) is 30.6 Å². The Morgan fingerprint density at radius 3 is 1.66 bits per heavy atom. The highest BCUT2D eigenvalue weighted by atomic mass is 15.4. The second-order valence-electron chi connectivity index (χ2n) is 9.51. The van der Waals surface area contributed by atoms with Crippen LogP contribution in [0.4, 0.5) is 0 Å². The maximum Gasteiger partial charge on any atom is 0.392 e. The van der Waals surface area contributed by atoms with E-state index in [4.69, 9.17) is 10.1 Å². The topological polar surface area (TPSA) is 43.9 Å². The van der Waals surface area contributed by atoms with Crippen molar-refractivity contribution < 1.29 is 4.57 Å². The molecule has 0 amide bonds. The summed E-state index contributed by atoms with van der Waals surface area (Å²) >= 11 is 0. The molecule has 5 aromatic rings. The molecule has 0 radical (unpaired) electrons. The predicted molar refractivity (Wildman–Crippen MR) is 130 cm³/mol. The fraction of sp³-hybridized carbons (Fsp3) is 0.423. The maximum absolute atomic E-state index is 5.28. The van der Waals surface area contributed by atoms with Crippen LogP contribution in [0.15, 0.2) is 0 Å². The zero-order valence-corrected chi connectivity index (χ0v) is 21.2. The van der Waals surface area contributed by atoms with Gasteiger partial charge in [0.15, 0.2) is 0 Å². The van der Waals surface area contributed by atoms with Crippen molar-refractivity contribution in [2.24, 2.45) is 14.1 Å². The fourth-order valence-corrected chi connectivity index (χ4v) is 5.23. The van der Waals surface area contributed by atoms with Crippen LogP contribution in [0, 0.1) is 62.3 Å². The number of rotatable bonds is 1. The SMILES string of the molecule is Cc1c(C)c(C)c2c(nc3n(-c4nn(C)c(C)[n+]4C)c4c(C)c(C)c(C)c(C)c4n23)c1C. The summed E-state index contributed by atoms with van der Waals surface area (Å²) in [5.41, 5.74) is 15.2. The third-order valence-corrected chi connectivity index (χ3v) is 8.22. The van der Waals surface area contributed by atoms with Gasteiger partial charge in [0.2, 0.25) is 5.82 Å². The summed E-state index contributed by atoms with van der Waals surface area (Å²) in [7, 11) is 4.08. The molecule has 32 heavy (non-hydrogen) atoms. The van der Waals surface area contributed by atoms with E-state index in [-0.39, 0.29) is 0 Å². The second kappa shape index (κ2) is 6.44. The smallest absolute Gasteiger partial charge is 0.265 e. The molecule has 6 nitrogen and oxygen atoms in total. The average molecular weight is 430 g/mol. The first kappa shape index (κ1) is 20.7. The standard InChI is InChI=1S/C26H33N6/c1-12-13(2)17(6)22-21(16(12)5)27-25-31(22)23-18(7)14(3)15(4)19(8)24(23)32(25)26-28-30(11)20(9)29(26)10/h1-11H3/q+1. The summed E-state index contributed by atoms with van der Waals surface area (Å²) in [6.07, 6.45) is 0. The Labute approximate surface area is 189 Å². The minimum absolute atomic E-state index is 0.884. The summed E-state index contributed by atoms with van der Waals surface area (Å²) in [6, 6.07) is 0. The van der Waals surface area contributed by atoms with Crippen molar-refractivity contribution in [1.82, 2.24) is 23.7 Å². The lowest BCUT2D eigenvalue weighted by molar-refractivity contribution is -0.672. The minimum Gasteiger partial charge on any atom is -0.265 e. The Bertz CT molecular complexity index is 1620. The van der Waals surface area contributed by atoms with Crippen molar-refractivity contribution in [1.29, 1.82) is 0 Å². The van der Waals surface area contributed by atoms with E-state index in [1.54, 1.807) is 0 Å². The van der Waals surface area contributed by atoms with E-state index in [1.807, 2.05) is 11.7 Å². The summed E-state index contributed by atoms with van der Waals surface area (Å²) in [6.45, 7) is 19.9. The van der Waals surface area contributed by atoms with E-state index in [1.165, 1.54) is 61.1 Å². The van der Waals surface area contributed by atoms with Crippen LogP contribution in [-0.4, -0.2) is 23.7 Å². The molecule has 0 aliphatic rings. The molecule has 0 aliphatic heterocycles. The number of aryl methyl sites for hydroxylation is 5. The van der Waals surface area contributed by atoms with E-state index in [0.717, 1.165) is 23.1 Å². The van der Waals surface area contributed by atoms with E-state index in [0.29, 0.717) is 0 Å². The average Bonchev–Trinajstić information content (AvgIpc) is 3.38. The van der Waals surface area contributed by atoms with Gasteiger partial charge in [0, 0.05) is 12.0 Å². The summed E-state index contributed by atoms with van der Waals surface area (Å²) in [5, 5.41) is 4.91. The van der Waals surface area contributed by atoms with Crippen LogP contribution in [0.25, 0.3) is 33.8 Å². The number of nitrogens with zero attached hydrogens (tertiary/aromatic N) is 6. The molecule has 3 aromatic heterocycles. The molecule has 0 unspecified atom stereocenters. The van der Waals surface area contributed by atoms with E-state index < -0.39 is 0 Å². The molecule has 6 heteroatoms. The van der Waals surface area contributed by atoms with Crippen molar-refractivity contribution in [3.63, 3.8) is 0 Å². The molecule has 0 saturated heterocycles. The van der Waals surface area contributed by atoms with E-state index in [2.05, 4.69) is 82.9 Å². The van der Waals surface area contributed by atoms with Gasteiger partial charge in [0.1, 0.15) is 5.52 Å². The quantitative estimate of drug-likeness (QED) is 0.361. The molecule has 5 rings (SSSR count). The van der Waals surface area contributed by atoms with Crippen molar-refractivity contribution in [3.8, 4) is 5.95 Å². The monoisotopic (exact) mass is 429 g/mol.